The smallest absolute Gasteiger partial charge is 0.225 e. The lowest BCUT2D eigenvalue weighted by atomic mass is 10.0. The molecule has 0 spiro atoms. The maximum Gasteiger partial charge on any atom is 0.225 e. The fraction of sp³-hybridized carbons (Fsp3) is 0.333. The normalized spacial score (nSPS) is 13.0. The molecular weight excluding hydrogens is 322 g/mol. The first-order valence-electron chi connectivity index (χ1n) is 6.78. The minimum Gasteiger partial charge on any atom is -0.362 e. The fourth-order valence-electron chi connectivity index (χ4n) is 2.31. The van der Waals surface area contributed by atoms with Crippen molar-refractivity contribution in [3.8, 4) is 0 Å². The van der Waals surface area contributed by atoms with E-state index < -0.39 is 0 Å². The fourth-order valence-corrected chi connectivity index (χ4v) is 4.36. The van der Waals surface area contributed by atoms with Crippen molar-refractivity contribution in [2.45, 2.75) is 26.8 Å². The van der Waals surface area contributed by atoms with E-state index in [0.717, 1.165) is 16.0 Å². The molecule has 1 N–H and O–H groups in total. The van der Waals surface area contributed by atoms with E-state index in [2.05, 4.69) is 59.6 Å². The monoisotopic (exact) mass is 337 g/mol. The van der Waals surface area contributed by atoms with Gasteiger partial charge in [-0.15, -0.1) is 22.7 Å². The molecule has 0 aliphatic heterocycles. The van der Waals surface area contributed by atoms with Crippen molar-refractivity contribution in [3.63, 3.8) is 0 Å². The van der Waals surface area contributed by atoms with Crippen LogP contribution < -0.4 is 5.32 Å². The lowest BCUT2D eigenvalue weighted by Gasteiger charge is -2.22. The molecule has 3 heterocycles. The second-order valence-corrected chi connectivity index (χ2v) is 7.85. The van der Waals surface area contributed by atoms with Crippen molar-refractivity contribution < 1.29 is 0 Å². The molecule has 110 valence electrons. The summed E-state index contributed by atoms with van der Waals surface area (Å²) in [6.07, 6.45) is 0. The second-order valence-electron chi connectivity index (χ2n) is 5.30. The maximum absolute atomic E-state index is 6.07. The molecule has 3 aromatic rings. The van der Waals surface area contributed by atoms with Crippen molar-refractivity contribution >= 4 is 50.3 Å². The third kappa shape index (κ3) is 3.05. The van der Waals surface area contributed by atoms with Crippen LogP contribution in [0.1, 0.15) is 29.6 Å². The van der Waals surface area contributed by atoms with Crippen molar-refractivity contribution in [2.24, 2.45) is 5.92 Å². The molecule has 0 bridgehead atoms. The van der Waals surface area contributed by atoms with Crippen molar-refractivity contribution in [2.75, 3.05) is 5.32 Å². The summed E-state index contributed by atoms with van der Waals surface area (Å²) in [5.74, 6) is 1.27. The Balaban J connectivity index is 2.03. The van der Waals surface area contributed by atoms with Gasteiger partial charge >= 0.3 is 0 Å². The van der Waals surface area contributed by atoms with Crippen LogP contribution in [-0.4, -0.2) is 9.97 Å². The zero-order valence-electron chi connectivity index (χ0n) is 12.1. The van der Waals surface area contributed by atoms with Crippen LogP contribution >= 0.6 is 34.3 Å². The van der Waals surface area contributed by atoms with Crippen molar-refractivity contribution in [1.29, 1.82) is 0 Å². The Morgan fingerprint density at radius 3 is 2.76 bits per heavy atom. The largest absolute Gasteiger partial charge is 0.362 e. The number of hydrogen-bond donors (Lipinski definition) is 1. The maximum atomic E-state index is 6.07. The van der Waals surface area contributed by atoms with Crippen LogP contribution in [0.2, 0.25) is 5.28 Å². The van der Waals surface area contributed by atoms with Crippen LogP contribution in [0.25, 0.3) is 10.2 Å². The summed E-state index contributed by atoms with van der Waals surface area (Å²) in [7, 11) is 0. The number of halogens is 1. The zero-order valence-corrected chi connectivity index (χ0v) is 14.4. The Kier molecular flexibility index (Phi) is 4.15. The average molecular weight is 338 g/mol. The quantitative estimate of drug-likeness (QED) is 0.636. The van der Waals surface area contributed by atoms with Gasteiger partial charge in [-0.2, -0.15) is 0 Å². The molecule has 1 atom stereocenters. The molecule has 0 fully saturated rings. The first-order chi connectivity index (χ1) is 10.0. The van der Waals surface area contributed by atoms with E-state index in [4.69, 9.17) is 11.6 Å². The predicted molar refractivity (Wildman–Crippen MR) is 92.7 cm³/mol. The number of hydrogen-bond acceptors (Lipinski definition) is 5. The van der Waals surface area contributed by atoms with Crippen LogP contribution in [0.15, 0.2) is 23.6 Å². The van der Waals surface area contributed by atoms with Gasteiger partial charge in [0.1, 0.15) is 10.6 Å². The van der Waals surface area contributed by atoms with Crippen LogP contribution in [0, 0.1) is 12.8 Å². The lowest BCUT2D eigenvalue weighted by molar-refractivity contribution is 0.552. The molecule has 0 aliphatic carbocycles. The number of fused-ring (bicyclic) bond motifs is 1. The Morgan fingerprint density at radius 1 is 1.29 bits per heavy atom. The van der Waals surface area contributed by atoms with Crippen LogP contribution in [0.4, 0.5) is 5.82 Å². The molecular formula is C15H16ClN3S2. The van der Waals surface area contributed by atoms with E-state index in [1.807, 2.05) is 0 Å². The Labute approximate surface area is 137 Å². The van der Waals surface area contributed by atoms with E-state index >= 15 is 0 Å². The second kappa shape index (κ2) is 5.91. The van der Waals surface area contributed by atoms with Gasteiger partial charge in [0.25, 0.3) is 0 Å². The van der Waals surface area contributed by atoms with Gasteiger partial charge in [-0.3, -0.25) is 0 Å². The highest BCUT2D eigenvalue weighted by Gasteiger charge is 2.19. The molecule has 3 nitrogen and oxygen atoms in total. The topological polar surface area (TPSA) is 37.8 Å². The van der Waals surface area contributed by atoms with Gasteiger partial charge < -0.3 is 5.32 Å². The highest BCUT2D eigenvalue weighted by Crippen LogP contribution is 2.34. The summed E-state index contributed by atoms with van der Waals surface area (Å²) in [6.45, 7) is 6.48. The number of nitrogens with zero attached hydrogens (tertiary/aromatic N) is 2. The van der Waals surface area contributed by atoms with E-state index in [-0.39, 0.29) is 6.04 Å². The van der Waals surface area contributed by atoms with Gasteiger partial charge in [0.05, 0.1) is 11.4 Å². The first kappa shape index (κ1) is 14.8. The molecule has 21 heavy (non-hydrogen) atoms. The minimum absolute atomic E-state index is 0.222. The molecule has 0 aromatic carbocycles. The molecule has 1 unspecified atom stereocenters. The Morgan fingerprint density at radius 2 is 2.10 bits per heavy atom. The average Bonchev–Trinajstić information content (AvgIpc) is 3.03. The van der Waals surface area contributed by atoms with Crippen molar-refractivity contribution in [1.82, 2.24) is 9.97 Å². The Bertz CT molecular complexity index is 750. The molecule has 3 rings (SSSR count). The highest BCUT2D eigenvalue weighted by molar-refractivity contribution is 7.18. The molecule has 3 aromatic heterocycles. The third-order valence-corrected chi connectivity index (χ3v) is 5.37. The van der Waals surface area contributed by atoms with E-state index in [9.17, 15) is 0 Å². The van der Waals surface area contributed by atoms with Crippen LogP contribution in [-0.2, 0) is 0 Å². The zero-order chi connectivity index (χ0) is 15.0. The predicted octanol–water partition coefficient (Wildman–Crippen LogP) is 5.52. The Hall–Kier alpha value is -1.17. The van der Waals surface area contributed by atoms with Gasteiger partial charge in [-0.1, -0.05) is 19.9 Å². The molecule has 0 aliphatic rings. The molecule has 0 radical (unpaired) electrons. The molecule has 0 saturated heterocycles. The van der Waals surface area contributed by atoms with Crippen LogP contribution in [0.3, 0.4) is 0 Å². The van der Waals surface area contributed by atoms with Crippen LogP contribution in [0.5, 0.6) is 0 Å². The number of nitrogens with one attached hydrogen (secondary N) is 1. The highest BCUT2D eigenvalue weighted by atomic mass is 35.5. The summed E-state index contributed by atoms with van der Waals surface area (Å²) in [4.78, 5) is 12.2. The third-order valence-electron chi connectivity index (χ3n) is 3.30. The van der Waals surface area contributed by atoms with E-state index in [0.29, 0.717) is 11.2 Å². The number of anilines is 1. The van der Waals surface area contributed by atoms with Gasteiger partial charge in [0.15, 0.2) is 0 Å². The molecule has 0 saturated carbocycles. The minimum atomic E-state index is 0.222. The first-order valence-corrected chi connectivity index (χ1v) is 8.85. The van der Waals surface area contributed by atoms with E-state index in [1.165, 1.54) is 9.75 Å². The summed E-state index contributed by atoms with van der Waals surface area (Å²) in [5.41, 5.74) is 0. The van der Waals surface area contributed by atoms with Gasteiger partial charge in [-0.05, 0) is 42.0 Å². The SMILES string of the molecule is Cc1cc2c(NC(c3cccs3)C(C)C)nc(Cl)nc2s1. The van der Waals surface area contributed by atoms with Gasteiger partial charge in [-0.25, -0.2) is 9.97 Å². The number of aryl methyl sites for hydroxylation is 1. The molecule has 0 amide bonds. The van der Waals surface area contributed by atoms with Gasteiger partial charge in [0.2, 0.25) is 5.28 Å². The van der Waals surface area contributed by atoms with E-state index in [1.54, 1.807) is 22.7 Å². The summed E-state index contributed by atoms with van der Waals surface area (Å²) in [5, 5.41) is 7.00. The van der Waals surface area contributed by atoms with Gasteiger partial charge in [0, 0.05) is 9.75 Å². The standard InChI is InChI=1S/C15H16ClN3S2/c1-8(2)12(11-5-4-6-20-11)17-13-10-7-9(3)21-14(10)19-15(16)18-13/h4-8,12H,1-3H3,(H,17,18,19). The summed E-state index contributed by atoms with van der Waals surface area (Å²) >= 11 is 9.47. The number of thiophene rings is 2. The summed E-state index contributed by atoms with van der Waals surface area (Å²) in [6, 6.07) is 6.57. The number of aromatic nitrogens is 2. The lowest BCUT2D eigenvalue weighted by Crippen LogP contribution is -2.16. The van der Waals surface area contributed by atoms with Crippen molar-refractivity contribution in [3.05, 3.63) is 38.6 Å². The molecule has 6 heteroatoms. The number of rotatable bonds is 4. The summed E-state index contributed by atoms with van der Waals surface area (Å²) < 4.78 is 0.